The molecular formula is C10H21O9S-. The van der Waals surface area contributed by atoms with Crippen molar-refractivity contribution in [2.75, 3.05) is 39.6 Å². The van der Waals surface area contributed by atoms with Gasteiger partial charge >= 0.3 is 0 Å². The molecule has 0 rings (SSSR count). The van der Waals surface area contributed by atoms with Crippen molar-refractivity contribution in [2.45, 2.75) is 26.1 Å². The second kappa shape index (κ2) is 12.4. The maximum Gasteiger partial charge on any atom is 0.217 e. The molecule has 0 aliphatic heterocycles. The molecule has 122 valence electrons. The highest BCUT2D eigenvalue weighted by Crippen LogP contribution is 1.97. The van der Waals surface area contributed by atoms with Crippen LogP contribution in [0.1, 0.15) is 19.8 Å². The lowest BCUT2D eigenvalue weighted by molar-refractivity contribution is -0.354. The third-order valence-corrected chi connectivity index (χ3v) is 2.46. The summed E-state index contributed by atoms with van der Waals surface area (Å²) in [5.41, 5.74) is 0. The van der Waals surface area contributed by atoms with Gasteiger partial charge in [0.15, 0.2) is 0 Å². The van der Waals surface area contributed by atoms with Gasteiger partial charge in [-0.2, -0.15) is 0 Å². The van der Waals surface area contributed by atoms with Crippen LogP contribution in [0, 0.1) is 0 Å². The summed E-state index contributed by atoms with van der Waals surface area (Å²) in [6.45, 7) is 2.49. The molecule has 20 heavy (non-hydrogen) atoms. The van der Waals surface area contributed by atoms with Gasteiger partial charge in [-0.1, -0.05) is 13.3 Å². The van der Waals surface area contributed by atoms with Crippen LogP contribution < -0.4 is 0 Å². The molecule has 0 aromatic carbocycles. The number of rotatable bonds is 14. The van der Waals surface area contributed by atoms with Gasteiger partial charge in [-0.3, -0.25) is 4.18 Å². The van der Waals surface area contributed by atoms with E-state index in [1.165, 1.54) is 0 Å². The second-order valence-electron chi connectivity index (χ2n) is 3.68. The molecule has 1 unspecified atom stereocenters. The zero-order valence-corrected chi connectivity index (χ0v) is 12.2. The summed E-state index contributed by atoms with van der Waals surface area (Å²) < 4.78 is 49.4. The van der Waals surface area contributed by atoms with E-state index < -0.39 is 16.7 Å². The molecule has 0 heterocycles. The summed E-state index contributed by atoms with van der Waals surface area (Å²) in [6, 6.07) is 0. The Hall–Kier alpha value is -0.330. The Morgan fingerprint density at radius 2 is 1.75 bits per heavy atom. The van der Waals surface area contributed by atoms with E-state index in [-0.39, 0.29) is 33.0 Å². The highest BCUT2D eigenvalue weighted by Gasteiger charge is 2.08. The van der Waals surface area contributed by atoms with Crippen molar-refractivity contribution < 1.29 is 41.5 Å². The lowest BCUT2D eigenvalue weighted by Gasteiger charge is -2.14. The largest absolute Gasteiger partial charge is 0.726 e. The molecular weight excluding hydrogens is 296 g/mol. The first-order valence-electron chi connectivity index (χ1n) is 6.17. The average Bonchev–Trinajstić information content (AvgIpc) is 2.38. The van der Waals surface area contributed by atoms with Crippen LogP contribution in [0.15, 0.2) is 0 Å². The molecule has 1 N–H and O–H groups in total. The lowest BCUT2D eigenvalue weighted by Crippen LogP contribution is -2.24. The monoisotopic (exact) mass is 317 g/mol. The Morgan fingerprint density at radius 1 is 1.10 bits per heavy atom. The number of hydrogen-bond acceptors (Lipinski definition) is 9. The summed E-state index contributed by atoms with van der Waals surface area (Å²) in [6.07, 6.45) is 0.968. The van der Waals surface area contributed by atoms with E-state index in [1.54, 1.807) is 0 Å². The predicted molar refractivity (Wildman–Crippen MR) is 65.6 cm³/mol. The molecule has 0 aromatic rings. The van der Waals surface area contributed by atoms with Gasteiger partial charge in [-0.25, -0.2) is 18.6 Å². The zero-order valence-electron chi connectivity index (χ0n) is 11.4. The fourth-order valence-corrected chi connectivity index (χ4v) is 1.33. The molecule has 9 nitrogen and oxygen atoms in total. The fourth-order valence-electron chi connectivity index (χ4n) is 1.06. The zero-order chi connectivity index (χ0) is 15.3. The van der Waals surface area contributed by atoms with E-state index in [9.17, 15) is 13.0 Å². The average molecular weight is 317 g/mol. The van der Waals surface area contributed by atoms with Gasteiger partial charge in [-0.15, -0.1) is 0 Å². The van der Waals surface area contributed by atoms with Gasteiger partial charge in [0, 0.05) is 6.61 Å². The van der Waals surface area contributed by atoms with Crippen LogP contribution in [0.4, 0.5) is 0 Å². The van der Waals surface area contributed by atoms with E-state index in [2.05, 4.69) is 9.07 Å². The Kier molecular flexibility index (Phi) is 12.2. The van der Waals surface area contributed by atoms with Crippen LogP contribution in [0.3, 0.4) is 0 Å². The molecule has 0 radical (unpaired) electrons. The predicted octanol–water partition coefficient (Wildman–Crippen LogP) is 0.129. The topological polar surface area (TPSA) is 124 Å². The van der Waals surface area contributed by atoms with E-state index in [0.717, 1.165) is 12.8 Å². The molecule has 0 saturated heterocycles. The molecule has 0 aliphatic rings. The van der Waals surface area contributed by atoms with Crippen LogP contribution in [0.5, 0.6) is 0 Å². The minimum atomic E-state index is -4.67. The fraction of sp³-hybridized carbons (Fsp3) is 1.00. The van der Waals surface area contributed by atoms with E-state index in [4.69, 9.17) is 19.5 Å². The summed E-state index contributed by atoms with van der Waals surface area (Å²) in [5.74, 6) is 0. The summed E-state index contributed by atoms with van der Waals surface area (Å²) >= 11 is 0. The highest BCUT2D eigenvalue weighted by atomic mass is 32.3. The number of ether oxygens (including phenoxy) is 3. The van der Waals surface area contributed by atoms with Crippen molar-refractivity contribution in [1.29, 1.82) is 0 Å². The summed E-state index contributed by atoms with van der Waals surface area (Å²) in [7, 11) is -4.67. The van der Waals surface area contributed by atoms with Crippen LogP contribution >= 0.6 is 0 Å². The first kappa shape index (κ1) is 19.7. The number of hydrogen-bond donors (Lipinski definition) is 1. The van der Waals surface area contributed by atoms with Crippen molar-refractivity contribution in [3.63, 3.8) is 0 Å². The molecule has 0 bridgehead atoms. The minimum absolute atomic E-state index is 0.0367. The molecule has 0 fully saturated rings. The van der Waals surface area contributed by atoms with E-state index in [1.807, 2.05) is 6.92 Å². The van der Waals surface area contributed by atoms with Gasteiger partial charge in [0.25, 0.3) is 0 Å². The summed E-state index contributed by atoms with van der Waals surface area (Å²) in [5, 5.41) is 8.54. The maximum atomic E-state index is 10.1. The molecule has 0 saturated carbocycles. The highest BCUT2D eigenvalue weighted by molar-refractivity contribution is 7.80. The molecule has 1 atom stereocenters. The second-order valence-corrected chi connectivity index (χ2v) is 4.73. The van der Waals surface area contributed by atoms with Crippen molar-refractivity contribution in [3.05, 3.63) is 0 Å². The maximum absolute atomic E-state index is 10.1. The van der Waals surface area contributed by atoms with Crippen molar-refractivity contribution in [3.8, 4) is 0 Å². The summed E-state index contributed by atoms with van der Waals surface area (Å²) in [4.78, 5) is 4.07. The normalized spacial score (nSPS) is 13.6. The van der Waals surface area contributed by atoms with Crippen molar-refractivity contribution >= 4 is 10.4 Å². The molecule has 0 aromatic heterocycles. The third-order valence-electron chi connectivity index (χ3n) is 2.00. The van der Waals surface area contributed by atoms with Crippen LogP contribution in [-0.2, 0) is 33.7 Å². The first-order valence-corrected chi connectivity index (χ1v) is 7.50. The Balaban J connectivity index is 3.37. The van der Waals surface area contributed by atoms with Crippen LogP contribution in [0.2, 0.25) is 0 Å². The molecule has 10 heteroatoms. The van der Waals surface area contributed by atoms with E-state index >= 15 is 0 Å². The first-order chi connectivity index (χ1) is 9.49. The van der Waals surface area contributed by atoms with Crippen molar-refractivity contribution in [2.24, 2.45) is 0 Å². The smallest absolute Gasteiger partial charge is 0.217 e. The van der Waals surface area contributed by atoms with Gasteiger partial charge in [-0.05, 0) is 6.42 Å². The molecule has 0 aliphatic carbocycles. The lowest BCUT2D eigenvalue weighted by atomic mass is 10.4. The third kappa shape index (κ3) is 14.1. The van der Waals surface area contributed by atoms with E-state index in [0.29, 0.717) is 6.61 Å². The quantitative estimate of drug-likeness (QED) is 0.119. The minimum Gasteiger partial charge on any atom is -0.726 e. The Labute approximate surface area is 118 Å². The standard InChI is InChI=1S/C10H22O9S/c1-2-3-4-17-10(19-11)9-16-6-5-15-7-8-18-20(12,13)14/h10-11H,2-9H2,1H3,(H,12,13,14)/p-1. The van der Waals surface area contributed by atoms with Crippen LogP contribution in [0.25, 0.3) is 0 Å². The van der Waals surface area contributed by atoms with Gasteiger partial charge in [0.1, 0.15) is 6.61 Å². The SMILES string of the molecule is CCCCOC(COCCOCCOS(=O)(=O)[O-])OO. The van der Waals surface area contributed by atoms with Crippen molar-refractivity contribution in [1.82, 2.24) is 0 Å². The Bertz CT molecular complexity index is 306. The van der Waals surface area contributed by atoms with Gasteiger partial charge < -0.3 is 18.8 Å². The Morgan fingerprint density at radius 3 is 2.35 bits per heavy atom. The van der Waals surface area contributed by atoms with Gasteiger partial charge in [0.2, 0.25) is 16.7 Å². The molecule has 0 spiro atoms. The number of unbranched alkanes of at least 4 members (excludes halogenated alkanes) is 1. The molecule has 0 amide bonds. The van der Waals surface area contributed by atoms with Crippen LogP contribution in [-0.4, -0.2) is 64.2 Å². The van der Waals surface area contributed by atoms with Gasteiger partial charge in [0.05, 0.1) is 26.4 Å².